The van der Waals surface area contributed by atoms with Gasteiger partial charge in [0.05, 0.1) is 5.75 Å². The molecule has 4 nitrogen and oxygen atoms in total. The van der Waals surface area contributed by atoms with E-state index in [1.165, 1.54) is 11.8 Å². The second-order valence-electron chi connectivity index (χ2n) is 4.38. The Morgan fingerprint density at radius 1 is 1.40 bits per heavy atom. The number of halogens is 1. The summed E-state index contributed by atoms with van der Waals surface area (Å²) in [5.74, 6) is -0.00611. The quantitative estimate of drug-likeness (QED) is 0.768. The average Bonchev–Trinajstić information content (AvgIpc) is 2.37. The summed E-state index contributed by atoms with van der Waals surface area (Å²) in [4.78, 5) is 24.4. The summed E-state index contributed by atoms with van der Waals surface area (Å²) in [7, 11) is 0. The minimum absolute atomic E-state index is 0.143. The molecule has 0 unspecified atom stereocenters. The topological polar surface area (TPSA) is 58.2 Å². The maximum Gasteiger partial charge on any atom is 0.242 e. The molecule has 1 atom stereocenters. The van der Waals surface area contributed by atoms with Crippen molar-refractivity contribution in [3.8, 4) is 0 Å². The number of likely N-dealkylation sites (N-methyl/N-ethyl adjacent to an activating group) is 1. The van der Waals surface area contributed by atoms with Crippen molar-refractivity contribution in [2.24, 2.45) is 0 Å². The van der Waals surface area contributed by atoms with E-state index in [0.29, 0.717) is 12.3 Å². The Balaban J connectivity index is 2.45. The Kier molecular flexibility index (Phi) is 7.09. The third-order valence-electron chi connectivity index (χ3n) is 2.62. The molecule has 2 N–H and O–H groups in total. The Morgan fingerprint density at radius 2 is 2.10 bits per heavy atom. The summed E-state index contributed by atoms with van der Waals surface area (Å²) in [5.41, 5.74) is 1.12. The molecule has 0 aliphatic carbocycles. The van der Waals surface area contributed by atoms with Gasteiger partial charge < -0.3 is 10.6 Å². The summed E-state index contributed by atoms with van der Waals surface area (Å²) in [6.07, 6.45) is 0. The molecule has 0 saturated carbocycles. The van der Waals surface area contributed by atoms with Crippen LogP contribution in [-0.4, -0.2) is 30.2 Å². The van der Waals surface area contributed by atoms with Gasteiger partial charge in [-0.25, -0.2) is 0 Å². The Labute approximate surface area is 132 Å². The van der Waals surface area contributed by atoms with Gasteiger partial charge in [-0.15, -0.1) is 11.8 Å². The summed E-state index contributed by atoms with van der Waals surface area (Å²) in [6.45, 7) is 6.09. The highest BCUT2D eigenvalue weighted by atomic mass is 79.9. The molecule has 0 spiro atoms. The van der Waals surface area contributed by atoms with Gasteiger partial charge in [0.2, 0.25) is 11.8 Å². The zero-order chi connectivity index (χ0) is 15.1. The number of amides is 2. The molecule has 20 heavy (non-hydrogen) atoms. The molecule has 0 aliphatic rings. The van der Waals surface area contributed by atoms with Gasteiger partial charge in [0, 0.05) is 15.9 Å². The summed E-state index contributed by atoms with van der Waals surface area (Å²) >= 11 is 4.87. The zero-order valence-electron chi connectivity index (χ0n) is 11.8. The number of hydrogen-bond acceptors (Lipinski definition) is 3. The van der Waals surface area contributed by atoms with Gasteiger partial charge in [-0.3, -0.25) is 9.59 Å². The zero-order valence-corrected chi connectivity index (χ0v) is 14.2. The third kappa shape index (κ3) is 5.54. The monoisotopic (exact) mass is 358 g/mol. The van der Waals surface area contributed by atoms with E-state index < -0.39 is 6.04 Å². The predicted molar refractivity (Wildman–Crippen MR) is 85.9 cm³/mol. The Bertz CT molecular complexity index is 494. The van der Waals surface area contributed by atoms with Crippen LogP contribution in [0.1, 0.15) is 19.4 Å². The lowest BCUT2D eigenvalue weighted by Gasteiger charge is -2.13. The van der Waals surface area contributed by atoms with Crippen LogP contribution in [0.15, 0.2) is 27.6 Å². The van der Waals surface area contributed by atoms with E-state index in [9.17, 15) is 9.59 Å². The standard InChI is InChI=1S/C14H19BrN2O2S/c1-4-16-14(19)10(3)17-13(18)8-20-12-6-5-11(15)7-9(12)2/h5-7,10H,4,8H2,1-3H3,(H,16,19)(H,17,18)/t10-/m0/s1. The minimum Gasteiger partial charge on any atom is -0.355 e. The molecule has 0 heterocycles. The van der Waals surface area contributed by atoms with Gasteiger partial charge in [0.25, 0.3) is 0 Å². The van der Waals surface area contributed by atoms with Crippen LogP contribution < -0.4 is 10.6 Å². The first-order valence-corrected chi connectivity index (χ1v) is 8.18. The van der Waals surface area contributed by atoms with Crippen LogP contribution in [0.2, 0.25) is 0 Å². The van der Waals surface area contributed by atoms with Crippen molar-refractivity contribution in [1.82, 2.24) is 10.6 Å². The summed E-state index contributed by atoms with van der Waals surface area (Å²) < 4.78 is 1.02. The predicted octanol–water partition coefficient (Wildman–Crippen LogP) is 2.49. The van der Waals surface area contributed by atoms with Crippen molar-refractivity contribution in [2.75, 3.05) is 12.3 Å². The number of nitrogens with one attached hydrogen (secondary N) is 2. The summed E-state index contributed by atoms with van der Waals surface area (Å²) in [6, 6.07) is 5.43. The highest BCUT2D eigenvalue weighted by molar-refractivity contribution is 9.10. The van der Waals surface area contributed by atoms with Gasteiger partial charge in [-0.1, -0.05) is 15.9 Å². The number of benzene rings is 1. The fraction of sp³-hybridized carbons (Fsp3) is 0.429. The third-order valence-corrected chi connectivity index (χ3v) is 4.29. The molecular formula is C14H19BrN2O2S. The fourth-order valence-corrected chi connectivity index (χ4v) is 2.89. The van der Waals surface area contributed by atoms with Crippen molar-refractivity contribution < 1.29 is 9.59 Å². The molecule has 6 heteroatoms. The number of carbonyl (C=O) groups is 2. The van der Waals surface area contributed by atoms with E-state index in [4.69, 9.17) is 0 Å². The molecule has 0 aliphatic heterocycles. The summed E-state index contributed by atoms with van der Waals surface area (Å²) in [5, 5.41) is 5.36. The first-order chi connectivity index (χ1) is 9.43. The van der Waals surface area contributed by atoms with E-state index in [2.05, 4.69) is 26.6 Å². The molecule has 2 amide bonds. The molecule has 1 aromatic carbocycles. The van der Waals surface area contributed by atoms with Gasteiger partial charge in [0.1, 0.15) is 6.04 Å². The lowest BCUT2D eigenvalue weighted by molar-refractivity contribution is -0.127. The maximum atomic E-state index is 11.8. The highest BCUT2D eigenvalue weighted by Crippen LogP contribution is 2.25. The first-order valence-electron chi connectivity index (χ1n) is 6.40. The maximum absolute atomic E-state index is 11.8. The van der Waals surface area contributed by atoms with E-state index in [-0.39, 0.29) is 11.8 Å². The second-order valence-corrected chi connectivity index (χ2v) is 6.32. The molecule has 0 radical (unpaired) electrons. The smallest absolute Gasteiger partial charge is 0.242 e. The minimum atomic E-state index is -0.505. The lowest BCUT2D eigenvalue weighted by atomic mass is 10.2. The van der Waals surface area contributed by atoms with Gasteiger partial charge in [0.15, 0.2) is 0 Å². The first kappa shape index (κ1) is 17.0. The van der Waals surface area contributed by atoms with Crippen LogP contribution in [0.25, 0.3) is 0 Å². The largest absolute Gasteiger partial charge is 0.355 e. The van der Waals surface area contributed by atoms with Crippen LogP contribution in [0, 0.1) is 6.92 Å². The molecular weight excluding hydrogens is 340 g/mol. The van der Waals surface area contributed by atoms with Crippen LogP contribution in [-0.2, 0) is 9.59 Å². The average molecular weight is 359 g/mol. The lowest BCUT2D eigenvalue weighted by Crippen LogP contribution is -2.45. The van der Waals surface area contributed by atoms with Crippen LogP contribution >= 0.6 is 27.7 Å². The molecule has 1 aromatic rings. The van der Waals surface area contributed by atoms with Gasteiger partial charge >= 0.3 is 0 Å². The van der Waals surface area contributed by atoms with E-state index >= 15 is 0 Å². The molecule has 0 fully saturated rings. The van der Waals surface area contributed by atoms with Gasteiger partial charge in [-0.05, 0) is 44.5 Å². The normalized spacial score (nSPS) is 11.8. The van der Waals surface area contributed by atoms with Crippen molar-refractivity contribution in [3.05, 3.63) is 28.2 Å². The SMILES string of the molecule is CCNC(=O)[C@H](C)NC(=O)CSc1ccc(Br)cc1C. The fourth-order valence-electron chi connectivity index (χ4n) is 1.59. The number of rotatable bonds is 6. The number of aryl methyl sites for hydroxylation is 1. The molecule has 110 valence electrons. The van der Waals surface area contributed by atoms with Crippen molar-refractivity contribution >= 4 is 39.5 Å². The highest BCUT2D eigenvalue weighted by Gasteiger charge is 2.14. The van der Waals surface area contributed by atoms with E-state index in [0.717, 1.165) is 14.9 Å². The van der Waals surface area contributed by atoms with Crippen LogP contribution in [0.5, 0.6) is 0 Å². The van der Waals surface area contributed by atoms with Crippen LogP contribution in [0.3, 0.4) is 0 Å². The van der Waals surface area contributed by atoms with Crippen molar-refractivity contribution in [1.29, 1.82) is 0 Å². The number of carbonyl (C=O) groups excluding carboxylic acids is 2. The van der Waals surface area contributed by atoms with Crippen molar-refractivity contribution in [2.45, 2.75) is 31.7 Å². The van der Waals surface area contributed by atoms with Crippen LogP contribution in [0.4, 0.5) is 0 Å². The Morgan fingerprint density at radius 3 is 2.70 bits per heavy atom. The number of hydrogen-bond donors (Lipinski definition) is 2. The Hall–Kier alpha value is -1.01. The molecule has 0 aromatic heterocycles. The van der Waals surface area contributed by atoms with Crippen molar-refractivity contribution in [3.63, 3.8) is 0 Å². The van der Waals surface area contributed by atoms with E-state index in [1.807, 2.05) is 32.0 Å². The molecule has 0 bridgehead atoms. The van der Waals surface area contributed by atoms with E-state index in [1.54, 1.807) is 6.92 Å². The van der Waals surface area contributed by atoms with Gasteiger partial charge in [-0.2, -0.15) is 0 Å². The second kappa shape index (κ2) is 8.32. The molecule has 0 saturated heterocycles. The molecule has 1 rings (SSSR count). The number of thioether (sulfide) groups is 1.